The Kier molecular flexibility index (Phi) is 3.02. The zero-order valence-corrected chi connectivity index (χ0v) is 10.3. The first-order valence-electron chi connectivity index (χ1n) is 4.33. The molecular weight excluding hydrogens is 278 g/mol. The van der Waals surface area contributed by atoms with Gasteiger partial charge in [-0.3, -0.25) is 0 Å². The summed E-state index contributed by atoms with van der Waals surface area (Å²) in [6.45, 7) is 1.80. The van der Waals surface area contributed by atoms with E-state index < -0.39 is 4.83 Å². The second-order valence-corrected chi connectivity index (χ2v) is 4.91. The molecule has 0 aliphatic rings. The largest absolute Gasteiger partial charge is 0.440 e. The average Bonchev–Trinajstić information content (AvgIpc) is 2.84. The van der Waals surface area contributed by atoms with E-state index in [2.05, 4.69) is 20.9 Å². The third-order valence-electron chi connectivity index (χ3n) is 1.95. The Labute approximate surface area is 99.3 Å². The predicted molar refractivity (Wildman–Crippen MR) is 62.3 cm³/mol. The average molecular weight is 286 g/mol. The Hall–Kier alpha value is -0.940. The van der Waals surface area contributed by atoms with Gasteiger partial charge in [-0.2, -0.15) is 0 Å². The monoisotopic (exact) mass is 285 g/mol. The van der Waals surface area contributed by atoms with E-state index in [9.17, 15) is 4.79 Å². The second kappa shape index (κ2) is 4.28. The van der Waals surface area contributed by atoms with Gasteiger partial charge < -0.3 is 9.21 Å². The molecule has 2 aromatic rings. The predicted octanol–water partition coefficient (Wildman–Crippen LogP) is 3.35. The topological polar surface area (TPSA) is 43.1 Å². The van der Waals surface area contributed by atoms with Crippen LogP contribution in [0.1, 0.15) is 16.3 Å². The zero-order valence-electron chi connectivity index (χ0n) is 7.94. The van der Waals surface area contributed by atoms with Crippen LogP contribution in [0.25, 0.3) is 10.8 Å². The molecular formula is C10H8BrNO2S. The minimum absolute atomic E-state index is 0.394. The number of aldehydes is 1. The summed E-state index contributed by atoms with van der Waals surface area (Å²) in [5.41, 5.74) is 0.647. The normalized spacial score (nSPS) is 12.7. The quantitative estimate of drug-likeness (QED) is 0.642. The molecule has 5 heteroatoms. The molecule has 0 bridgehead atoms. The Morgan fingerprint density at radius 2 is 2.47 bits per heavy atom. The molecule has 0 aliphatic heterocycles. The lowest BCUT2D eigenvalue weighted by molar-refractivity contribution is -0.107. The smallest absolute Gasteiger partial charge is 0.236 e. The Balaban J connectivity index is 2.41. The molecule has 1 atom stereocenters. The maximum Gasteiger partial charge on any atom is 0.236 e. The van der Waals surface area contributed by atoms with Crippen molar-refractivity contribution in [2.45, 2.75) is 11.8 Å². The summed E-state index contributed by atoms with van der Waals surface area (Å²) in [5.74, 6) is 1.25. The summed E-state index contributed by atoms with van der Waals surface area (Å²) >= 11 is 4.78. The van der Waals surface area contributed by atoms with Crippen LogP contribution in [0, 0.1) is 6.92 Å². The summed E-state index contributed by atoms with van der Waals surface area (Å²) in [4.78, 5) is 15.5. The Morgan fingerprint density at radius 3 is 3.07 bits per heavy atom. The number of carbonyl (C=O) groups is 1. The van der Waals surface area contributed by atoms with E-state index in [4.69, 9.17) is 4.42 Å². The number of thiophene rings is 1. The SMILES string of the molecule is Cc1oc(-c2cccs2)nc1C(Br)C=O. The van der Waals surface area contributed by atoms with E-state index in [0.29, 0.717) is 17.3 Å². The van der Waals surface area contributed by atoms with Gasteiger partial charge in [0.2, 0.25) is 5.89 Å². The highest BCUT2D eigenvalue weighted by Gasteiger charge is 2.17. The fourth-order valence-corrected chi connectivity index (χ4v) is 2.31. The lowest BCUT2D eigenvalue weighted by atomic mass is 10.3. The van der Waals surface area contributed by atoms with Gasteiger partial charge in [-0.1, -0.05) is 22.0 Å². The number of aryl methyl sites for hydroxylation is 1. The number of halogens is 1. The van der Waals surface area contributed by atoms with Gasteiger partial charge in [0.15, 0.2) is 0 Å². The van der Waals surface area contributed by atoms with Gasteiger partial charge in [-0.15, -0.1) is 11.3 Å². The molecule has 1 unspecified atom stereocenters. The van der Waals surface area contributed by atoms with Gasteiger partial charge in [0.25, 0.3) is 0 Å². The summed E-state index contributed by atoms with van der Waals surface area (Å²) < 4.78 is 5.49. The van der Waals surface area contributed by atoms with E-state index in [0.717, 1.165) is 11.2 Å². The number of aromatic nitrogens is 1. The van der Waals surface area contributed by atoms with Gasteiger partial charge in [0.05, 0.1) is 4.88 Å². The number of hydrogen-bond acceptors (Lipinski definition) is 4. The molecule has 3 nitrogen and oxygen atoms in total. The molecule has 2 heterocycles. The number of oxazole rings is 1. The minimum atomic E-state index is -0.394. The maximum absolute atomic E-state index is 10.6. The molecule has 15 heavy (non-hydrogen) atoms. The molecule has 0 fully saturated rings. The summed E-state index contributed by atoms with van der Waals surface area (Å²) in [7, 11) is 0. The van der Waals surface area contributed by atoms with Gasteiger partial charge in [-0.05, 0) is 18.4 Å². The van der Waals surface area contributed by atoms with E-state index in [1.807, 2.05) is 17.5 Å². The third-order valence-corrected chi connectivity index (χ3v) is 3.45. The first kappa shape index (κ1) is 10.6. The van der Waals surface area contributed by atoms with Crippen molar-refractivity contribution in [1.82, 2.24) is 4.98 Å². The van der Waals surface area contributed by atoms with Crippen LogP contribution in [0.2, 0.25) is 0 Å². The highest BCUT2D eigenvalue weighted by molar-refractivity contribution is 9.09. The van der Waals surface area contributed by atoms with Gasteiger partial charge in [0.1, 0.15) is 22.6 Å². The molecule has 2 rings (SSSR count). The summed E-state index contributed by atoms with van der Waals surface area (Å²) in [6, 6.07) is 3.87. The van der Waals surface area contributed by atoms with Crippen molar-refractivity contribution < 1.29 is 9.21 Å². The Morgan fingerprint density at radius 1 is 1.67 bits per heavy atom. The van der Waals surface area contributed by atoms with Crippen LogP contribution in [-0.2, 0) is 4.79 Å². The number of rotatable bonds is 3. The van der Waals surface area contributed by atoms with Crippen molar-refractivity contribution in [3.05, 3.63) is 29.0 Å². The van der Waals surface area contributed by atoms with Gasteiger partial charge >= 0.3 is 0 Å². The lowest BCUT2D eigenvalue weighted by Gasteiger charge is -1.94. The van der Waals surface area contributed by atoms with Gasteiger partial charge in [0, 0.05) is 0 Å². The highest BCUT2D eigenvalue weighted by atomic mass is 79.9. The summed E-state index contributed by atoms with van der Waals surface area (Å²) in [6.07, 6.45) is 0.795. The van der Waals surface area contributed by atoms with E-state index in [1.54, 1.807) is 18.3 Å². The van der Waals surface area contributed by atoms with Crippen LogP contribution in [0.15, 0.2) is 21.9 Å². The molecule has 0 N–H and O–H groups in total. The lowest BCUT2D eigenvalue weighted by Crippen LogP contribution is -1.92. The zero-order chi connectivity index (χ0) is 10.8. The minimum Gasteiger partial charge on any atom is -0.440 e. The number of carbonyl (C=O) groups excluding carboxylic acids is 1. The number of nitrogens with zero attached hydrogens (tertiary/aromatic N) is 1. The molecule has 0 aliphatic carbocycles. The van der Waals surface area contributed by atoms with Crippen LogP contribution in [0.3, 0.4) is 0 Å². The number of alkyl halides is 1. The van der Waals surface area contributed by atoms with Crippen molar-refractivity contribution in [2.24, 2.45) is 0 Å². The van der Waals surface area contributed by atoms with Crippen LogP contribution in [0.5, 0.6) is 0 Å². The van der Waals surface area contributed by atoms with E-state index >= 15 is 0 Å². The van der Waals surface area contributed by atoms with Gasteiger partial charge in [-0.25, -0.2) is 4.98 Å². The standard InChI is InChI=1S/C10H8BrNO2S/c1-6-9(7(11)5-13)12-10(14-6)8-3-2-4-15-8/h2-5,7H,1H3. The molecule has 0 amide bonds. The van der Waals surface area contributed by atoms with Crippen LogP contribution < -0.4 is 0 Å². The first-order chi connectivity index (χ1) is 7.22. The van der Waals surface area contributed by atoms with E-state index in [-0.39, 0.29) is 0 Å². The van der Waals surface area contributed by atoms with Crippen molar-refractivity contribution >= 4 is 33.6 Å². The maximum atomic E-state index is 10.6. The Bertz CT molecular complexity index is 464. The summed E-state index contributed by atoms with van der Waals surface area (Å²) in [5, 5.41) is 1.96. The molecule has 0 radical (unpaired) electrons. The van der Waals surface area contributed by atoms with Crippen molar-refractivity contribution in [1.29, 1.82) is 0 Å². The van der Waals surface area contributed by atoms with Crippen LogP contribution >= 0.6 is 27.3 Å². The molecule has 2 aromatic heterocycles. The second-order valence-electron chi connectivity index (χ2n) is 2.98. The molecule has 78 valence electrons. The van der Waals surface area contributed by atoms with Crippen LogP contribution in [-0.4, -0.2) is 11.3 Å². The van der Waals surface area contributed by atoms with Crippen molar-refractivity contribution in [3.63, 3.8) is 0 Å². The van der Waals surface area contributed by atoms with Crippen LogP contribution in [0.4, 0.5) is 0 Å². The van der Waals surface area contributed by atoms with E-state index in [1.165, 1.54) is 0 Å². The van der Waals surface area contributed by atoms with Crippen molar-refractivity contribution in [2.75, 3.05) is 0 Å². The fraction of sp³-hybridized carbons (Fsp3) is 0.200. The number of hydrogen-bond donors (Lipinski definition) is 0. The highest BCUT2D eigenvalue weighted by Crippen LogP contribution is 2.30. The molecule has 0 saturated carbocycles. The molecule has 0 spiro atoms. The fourth-order valence-electron chi connectivity index (χ4n) is 1.23. The third kappa shape index (κ3) is 2.03. The first-order valence-corrected chi connectivity index (χ1v) is 6.12. The van der Waals surface area contributed by atoms with Crippen molar-refractivity contribution in [3.8, 4) is 10.8 Å². The molecule has 0 aromatic carbocycles. The molecule has 0 saturated heterocycles.